The van der Waals surface area contributed by atoms with Crippen LogP contribution < -0.4 is 0 Å². The fourth-order valence-corrected chi connectivity index (χ4v) is 2.69. The van der Waals surface area contributed by atoms with Crippen molar-refractivity contribution in [3.05, 3.63) is 41.5 Å². The molecule has 3 nitrogen and oxygen atoms in total. The number of benzene rings is 1. The van der Waals surface area contributed by atoms with E-state index in [9.17, 15) is 4.79 Å². The van der Waals surface area contributed by atoms with Crippen LogP contribution in [0, 0.1) is 0 Å². The molecule has 3 heteroatoms. The molecule has 1 amide bonds. The molecular formula is C18H25NO2. The van der Waals surface area contributed by atoms with Crippen LogP contribution in [-0.2, 0) is 11.2 Å². The van der Waals surface area contributed by atoms with Crippen LogP contribution in [0.2, 0.25) is 0 Å². The zero-order chi connectivity index (χ0) is 15.6. The average molecular weight is 287 g/mol. The van der Waals surface area contributed by atoms with Crippen molar-refractivity contribution in [2.24, 2.45) is 0 Å². The lowest BCUT2D eigenvalue weighted by atomic mass is 9.93. The van der Waals surface area contributed by atoms with Crippen molar-refractivity contribution in [2.45, 2.75) is 45.6 Å². The van der Waals surface area contributed by atoms with Crippen LogP contribution in [0.5, 0.6) is 0 Å². The van der Waals surface area contributed by atoms with Gasteiger partial charge in [-0.05, 0) is 49.8 Å². The number of amides is 1. The van der Waals surface area contributed by atoms with Gasteiger partial charge in [-0.15, -0.1) is 0 Å². The van der Waals surface area contributed by atoms with Gasteiger partial charge in [0.25, 0.3) is 0 Å². The van der Waals surface area contributed by atoms with Crippen LogP contribution in [-0.4, -0.2) is 29.7 Å². The topological polar surface area (TPSA) is 29.5 Å². The fourth-order valence-electron chi connectivity index (χ4n) is 2.69. The average Bonchev–Trinajstić information content (AvgIpc) is 2.56. The van der Waals surface area contributed by atoms with Gasteiger partial charge in [0.05, 0.1) is 0 Å². The minimum atomic E-state index is -0.449. The predicted octanol–water partition coefficient (Wildman–Crippen LogP) is 4.23. The summed E-state index contributed by atoms with van der Waals surface area (Å²) in [6.45, 7) is 13.1. The van der Waals surface area contributed by atoms with E-state index >= 15 is 0 Å². The molecule has 0 saturated carbocycles. The maximum absolute atomic E-state index is 12.3. The molecule has 0 N–H and O–H groups in total. The third kappa shape index (κ3) is 3.87. The van der Waals surface area contributed by atoms with Crippen molar-refractivity contribution < 1.29 is 9.53 Å². The molecule has 1 atom stereocenters. The summed E-state index contributed by atoms with van der Waals surface area (Å²) in [5.41, 5.74) is 3.32. The number of ether oxygens (including phenoxy) is 1. The van der Waals surface area contributed by atoms with E-state index in [1.54, 1.807) is 0 Å². The lowest BCUT2D eigenvalue weighted by molar-refractivity contribution is 0.0248. The van der Waals surface area contributed by atoms with Crippen molar-refractivity contribution in [3.8, 4) is 0 Å². The van der Waals surface area contributed by atoms with Gasteiger partial charge in [-0.25, -0.2) is 4.79 Å². The maximum atomic E-state index is 12.3. The van der Waals surface area contributed by atoms with Crippen LogP contribution >= 0.6 is 0 Å². The summed E-state index contributed by atoms with van der Waals surface area (Å²) >= 11 is 0. The molecule has 1 aliphatic rings. The highest BCUT2D eigenvalue weighted by Crippen LogP contribution is 2.27. The largest absolute Gasteiger partial charge is 0.444 e. The Morgan fingerprint density at radius 3 is 2.76 bits per heavy atom. The highest BCUT2D eigenvalue weighted by Gasteiger charge is 2.27. The third-order valence-electron chi connectivity index (χ3n) is 3.73. The fraction of sp³-hybridized carbons (Fsp3) is 0.500. The first-order chi connectivity index (χ1) is 9.80. The third-order valence-corrected chi connectivity index (χ3v) is 3.73. The number of rotatable bonds is 1. The Labute approximate surface area is 127 Å². The van der Waals surface area contributed by atoms with Crippen molar-refractivity contribution in [2.75, 3.05) is 13.1 Å². The van der Waals surface area contributed by atoms with E-state index in [2.05, 4.69) is 31.7 Å². The van der Waals surface area contributed by atoms with Gasteiger partial charge in [0.15, 0.2) is 0 Å². The normalized spacial score (nSPS) is 18.7. The molecule has 1 aliphatic heterocycles. The number of fused-ring (bicyclic) bond motifs is 1. The van der Waals surface area contributed by atoms with Crippen LogP contribution in [0.4, 0.5) is 4.79 Å². The lowest BCUT2D eigenvalue weighted by Gasteiger charge is -2.27. The van der Waals surface area contributed by atoms with E-state index in [0.717, 1.165) is 12.0 Å². The molecule has 114 valence electrons. The van der Waals surface area contributed by atoms with Gasteiger partial charge in [-0.3, -0.25) is 0 Å². The van der Waals surface area contributed by atoms with Crippen LogP contribution in [0.15, 0.2) is 24.8 Å². The van der Waals surface area contributed by atoms with Gasteiger partial charge in [0, 0.05) is 13.1 Å². The monoisotopic (exact) mass is 287 g/mol. The first-order valence-electron chi connectivity index (χ1n) is 7.53. The van der Waals surface area contributed by atoms with Crippen LogP contribution in [0.1, 0.15) is 50.3 Å². The van der Waals surface area contributed by atoms with E-state index in [1.807, 2.05) is 31.7 Å². The van der Waals surface area contributed by atoms with Gasteiger partial charge in [0.1, 0.15) is 5.60 Å². The predicted molar refractivity (Wildman–Crippen MR) is 86.5 cm³/mol. The second-order valence-corrected chi connectivity index (χ2v) is 6.74. The van der Waals surface area contributed by atoms with Gasteiger partial charge < -0.3 is 9.64 Å². The Kier molecular flexibility index (Phi) is 4.40. The number of hydrogen-bond donors (Lipinski definition) is 0. The second kappa shape index (κ2) is 5.92. The Balaban J connectivity index is 2.17. The van der Waals surface area contributed by atoms with Gasteiger partial charge in [0.2, 0.25) is 0 Å². The van der Waals surface area contributed by atoms with Crippen LogP contribution in [0.3, 0.4) is 0 Å². The quantitative estimate of drug-likeness (QED) is 0.773. The lowest BCUT2D eigenvalue weighted by Crippen LogP contribution is -2.38. The van der Waals surface area contributed by atoms with Gasteiger partial charge >= 0.3 is 6.09 Å². The van der Waals surface area contributed by atoms with E-state index in [0.29, 0.717) is 19.0 Å². The first-order valence-corrected chi connectivity index (χ1v) is 7.53. The summed E-state index contributed by atoms with van der Waals surface area (Å²) in [4.78, 5) is 14.1. The van der Waals surface area contributed by atoms with E-state index in [1.165, 1.54) is 11.1 Å². The molecule has 1 heterocycles. The first kappa shape index (κ1) is 15.6. The molecule has 1 aromatic rings. The molecule has 1 aromatic carbocycles. The summed E-state index contributed by atoms with van der Waals surface area (Å²) in [6, 6.07) is 6.43. The maximum Gasteiger partial charge on any atom is 0.410 e. The Morgan fingerprint density at radius 1 is 1.43 bits per heavy atom. The number of carbonyl (C=O) groups excluding carboxylic acids is 1. The van der Waals surface area contributed by atoms with E-state index in [-0.39, 0.29) is 6.09 Å². The molecule has 0 aromatic heterocycles. The van der Waals surface area contributed by atoms with E-state index < -0.39 is 5.60 Å². The molecule has 1 unspecified atom stereocenters. The molecule has 0 fully saturated rings. The van der Waals surface area contributed by atoms with Crippen molar-refractivity contribution in [3.63, 3.8) is 0 Å². The number of hydrogen-bond acceptors (Lipinski definition) is 2. The molecule has 2 rings (SSSR count). The molecule has 0 bridgehead atoms. The molecule has 0 aliphatic carbocycles. The zero-order valence-corrected chi connectivity index (χ0v) is 13.5. The molecule has 0 radical (unpaired) electrons. The van der Waals surface area contributed by atoms with Crippen LogP contribution in [0.25, 0.3) is 6.08 Å². The minimum absolute atomic E-state index is 0.217. The number of carbonyl (C=O) groups is 1. The summed E-state index contributed by atoms with van der Waals surface area (Å²) in [7, 11) is 0. The van der Waals surface area contributed by atoms with Crippen molar-refractivity contribution in [1.82, 2.24) is 4.90 Å². The van der Waals surface area contributed by atoms with Crippen molar-refractivity contribution in [1.29, 1.82) is 0 Å². The zero-order valence-electron chi connectivity index (χ0n) is 13.5. The summed E-state index contributed by atoms with van der Waals surface area (Å²) < 4.78 is 5.50. The van der Waals surface area contributed by atoms with Gasteiger partial charge in [-0.1, -0.05) is 37.8 Å². The number of nitrogens with zero attached hydrogens (tertiary/aromatic N) is 1. The highest BCUT2D eigenvalue weighted by molar-refractivity contribution is 5.68. The smallest absolute Gasteiger partial charge is 0.410 e. The minimum Gasteiger partial charge on any atom is -0.444 e. The SMILES string of the molecule is C=Cc1ccc2c(c1)C(C)CN(C(=O)OC(C)(C)C)CC2. The summed E-state index contributed by atoms with van der Waals surface area (Å²) in [5, 5.41) is 0. The second-order valence-electron chi connectivity index (χ2n) is 6.74. The highest BCUT2D eigenvalue weighted by atomic mass is 16.6. The Morgan fingerprint density at radius 2 is 2.14 bits per heavy atom. The summed E-state index contributed by atoms with van der Waals surface area (Å²) in [5.74, 6) is 0.301. The molecule has 0 spiro atoms. The Hall–Kier alpha value is -1.77. The molecule has 21 heavy (non-hydrogen) atoms. The van der Waals surface area contributed by atoms with Gasteiger partial charge in [-0.2, -0.15) is 0 Å². The molecule has 0 saturated heterocycles. The summed E-state index contributed by atoms with van der Waals surface area (Å²) in [6.07, 6.45) is 2.52. The van der Waals surface area contributed by atoms with E-state index in [4.69, 9.17) is 4.74 Å². The standard InChI is InChI=1S/C18H25NO2/c1-6-14-7-8-15-9-10-19(12-13(2)16(15)11-14)17(20)21-18(3,4)5/h6-8,11,13H,1,9-10,12H2,2-5H3. The Bertz CT molecular complexity index is 543. The molecular weight excluding hydrogens is 262 g/mol. The van der Waals surface area contributed by atoms with Crippen molar-refractivity contribution >= 4 is 12.2 Å².